The first-order chi connectivity index (χ1) is 9.74. The second-order valence-electron chi connectivity index (χ2n) is 4.48. The van der Waals surface area contributed by atoms with Gasteiger partial charge in [0.05, 0.1) is 6.20 Å². The fourth-order valence-corrected chi connectivity index (χ4v) is 2.80. The first kappa shape index (κ1) is 13.0. The number of rotatable bonds is 1. The number of aromatic nitrogens is 2. The van der Waals surface area contributed by atoms with Crippen LogP contribution in [0.3, 0.4) is 0 Å². The summed E-state index contributed by atoms with van der Waals surface area (Å²) in [6.45, 7) is 1.53. The molecular formula is C13H13FN4OS. The molecule has 0 radical (unpaired) electrons. The number of hydrogen-bond acceptors (Lipinski definition) is 3. The Morgan fingerprint density at radius 2 is 2.15 bits per heavy atom. The van der Waals surface area contributed by atoms with Gasteiger partial charge >= 0.3 is 6.03 Å². The zero-order chi connectivity index (χ0) is 13.9. The van der Waals surface area contributed by atoms with Crippen LogP contribution < -0.4 is 4.80 Å². The standard InChI is InChI=1S/C13H13FN4OS/c14-10-3-4-11(15-9-10)18-7-8-20-13(18)16-12(19)17-5-1-2-6-17/h3-4,7-9H,1-2,5-6H2/b16-13-. The first-order valence-electron chi connectivity index (χ1n) is 6.36. The molecule has 3 heterocycles. The van der Waals surface area contributed by atoms with Crippen molar-refractivity contribution in [3.63, 3.8) is 0 Å². The van der Waals surface area contributed by atoms with Crippen molar-refractivity contribution >= 4 is 17.4 Å². The Kier molecular flexibility index (Phi) is 3.60. The van der Waals surface area contributed by atoms with Gasteiger partial charge < -0.3 is 4.90 Å². The van der Waals surface area contributed by atoms with Gasteiger partial charge in [-0.2, -0.15) is 4.99 Å². The van der Waals surface area contributed by atoms with Crippen LogP contribution in [0, 0.1) is 5.82 Å². The number of amides is 2. The van der Waals surface area contributed by atoms with Gasteiger partial charge in [0.1, 0.15) is 11.6 Å². The lowest BCUT2D eigenvalue weighted by Crippen LogP contribution is -2.27. The summed E-state index contributed by atoms with van der Waals surface area (Å²) < 4.78 is 14.6. The minimum Gasteiger partial charge on any atom is -0.323 e. The highest BCUT2D eigenvalue weighted by molar-refractivity contribution is 7.07. The van der Waals surface area contributed by atoms with E-state index in [-0.39, 0.29) is 6.03 Å². The lowest BCUT2D eigenvalue weighted by molar-refractivity contribution is 0.218. The molecule has 0 aliphatic carbocycles. The van der Waals surface area contributed by atoms with E-state index in [1.807, 2.05) is 5.38 Å². The van der Waals surface area contributed by atoms with Crippen LogP contribution in [0.4, 0.5) is 9.18 Å². The number of carbonyl (C=O) groups excluding carboxylic acids is 1. The van der Waals surface area contributed by atoms with Crippen molar-refractivity contribution < 1.29 is 9.18 Å². The zero-order valence-corrected chi connectivity index (χ0v) is 11.5. The molecule has 1 aliphatic rings. The van der Waals surface area contributed by atoms with Gasteiger partial charge in [0.2, 0.25) is 0 Å². The van der Waals surface area contributed by atoms with Crippen LogP contribution >= 0.6 is 11.3 Å². The van der Waals surface area contributed by atoms with Crippen molar-refractivity contribution in [3.05, 3.63) is 40.5 Å². The van der Waals surface area contributed by atoms with Crippen LogP contribution in [-0.2, 0) is 0 Å². The molecule has 1 saturated heterocycles. The first-order valence-corrected chi connectivity index (χ1v) is 7.24. The van der Waals surface area contributed by atoms with Crippen LogP contribution in [0.15, 0.2) is 34.9 Å². The fraction of sp³-hybridized carbons (Fsp3) is 0.308. The van der Waals surface area contributed by atoms with E-state index in [1.165, 1.54) is 17.4 Å². The smallest absolute Gasteiger partial charge is 0.323 e. The van der Waals surface area contributed by atoms with Gasteiger partial charge in [-0.3, -0.25) is 4.57 Å². The van der Waals surface area contributed by atoms with Gasteiger partial charge in [0.15, 0.2) is 4.80 Å². The molecule has 3 rings (SSSR count). The van der Waals surface area contributed by atoms with E-state index in [9.17, 15) is 9.18 Å². The number of thiazole rings is 1. The second kappa shape index (κ2) is 5.54. The maximum Gasteiger partial charge on any atom is 0.346 e. The van der Waals surface area contributed by atoms with E-state index in [0.29, 0.717) is 10.6 Å². The molecule has 2 aromatic heterocycles. The quantitative estimate of drug-likeness (QED) is 0.809. The van der Waals surface area contributed by atoms with E-state index in [0.717, 1.165) is 32.1 Å². The predicted octanol–water partition coefficient (Wildman–Crippen LogP) is 2.19. The molecule has 5 nitrogen and oxygen atoms in total. The number of hydrogen-bond donors (Lipinski definition) is 0. The molecule has 0 N–H and O–H groups in total. The van der Waals surface area contributed by atoms with Crippen LogP contribution in [0.2, 0.25) is 0 Å². The third-order valence-electron chi connectivity index (χ3n) is 3.12. The summed E-state index contributed by atoms with van der Waals surface area (Å²) in [7, 11) is 0. The summed E-state index contributed by atoms with van der Waals surface area (Å²) in [4.78, 5) is 22.4. The Labute approximate surface area is 119 Å². The summed E-state index contributed by atoms with van der Waals surface area (Å²) in [5, 5.41) is 1.82. The Bertz CT molecular complexity index is 670. The van der Waals surface area contributed by atoms with E-state index >= 15 is 0 Å². The number of carbonyl (C=O) groups is 1. The Balaban J connectivity index is 1.93. The van der Waals surface area contributed by atoms with E-state index in [4.69, 9.17) is 0 Å². The van der Waals surface area contributed by atoms with Crippen molar-refractivity contribution in [2.24, 2.45) is 4.99 Å². The number of likely N-dealkylation sites (tertiary alicyclic amines) is 1. The van der Waals surface area contributed by atoms with Crippen molar-refractivity contribution in [3.8, 4) is 5.82 Å². The van der Waals surface area contributed by atoms with E-state index < -0.39 is 5.82 Å². The number of urea groups is 1. The molecule has 0 atom stereocenters. The van der Waals surface area contributed by atoms with E-state index in [2.05, 4.69) is 9.98 Å². The maximum atomic E-state index is 12.9. The number of nitrogens with zero attached hydrogens (tertiary/aromatic N) is 4. The molecule has 20 heavy (non-hydrogen) atoms. The molecule has 1 fully saturated rings. The topological polar surface area (TPSA) is 50.5 Å². The molecule has 7 heteroatoms. The molecule has 0 bridgehead atoms. The van der Waals surface area contributed by atoms with Gasteiger partial charge in [-0.05, 0) is 25.0 Å². The largest absolute Gasteiger partial charge is 0.346 e. The zero-order valence-electron chi connectivity index (χ0n) is 10.7. The highest BCUT2D eigenvalue weighted by Crippen LogP contribution is 2.09. The van der Waals surface area contributed by atoms with Gasteiger partial charge in [-0.15, -0.1) is 11.3 Å². The average molecular weight is 292 g/mol. The maximum absolute atomic E-state index is 12.9. The molecule has 0 spiro atoms. The summed E-state index contributed by atoms with van der Waals surface area (Å²) in [6.07, 6.45) is 4.98. The molecule has 0 unspecified atom stereocenters. The van der Waals surface area contributed by atoms with Crippen LogP contribution in [0.25, 0.3) is 5.82 Å². The van der Waals surface area contributed by atoms with Crippen LogP contribution in [-0.4, -0.2) is 33.6 Å². The van der Waals surface area contributed by atoms with Crippen LogP contribution in [0.1, 0.15) is 12.8 Å². The molecule has 2 amide bonds. The second-order valence-corrected chi connectivity index (χ2v) is 5.35. The normalized spacial score (nSPS) is 15.8. The summed E-state index contributed by atoms with van der Waals surface area (Å²) in [6, 6.07) is 2.67. The summed E-state index contributed by atoms with van der Waals surface area (Å²) >= 11 is 1.35. The monoisotopic (exact) mass is 292 g/mol. The fourth-order valence-electron chi connectivity index (χ4n) is 2.10. The molecule has 2 aromatic rings. The average Bonchev–Trinajstić information content (AvgIpc) is 3.10. The third kappa shape index (κ3) is 2.62. The van der Waals surface area contributed by atoms with Gasteiger partial charge in [0.25, 0.3) is 0 Å². The highest BCUT2D eigenvalue weighted by atomic mass is 32.1. The lowest BCUT2D eigenvalue weighted by Gasteiger charge is -2.10. The minimum absolute atomic E-state index is 0.221. The lowest BCUT2D eigenvalue weighted by atomic mass is 10.4. The minimum atomic E-state index is -0.392. The van der Waals surface area contributed by atoms with Gasteiger partial charge in [0, 0.05) is 24.7 Å². The van der Waals surface area contributed by atoms with Crippen LogP contribution in [0.5, 0.6) is 0 Å². The Morgan fingerprint density at radius 3 is 2.85 bits per heavy atom. The van der Waals surface area contributed by atoms with Crippen molar-refractivity contribution in [1.82, 2.24) is 14.5 Å². The Morgan fingerprint density at radius 1 is 1.35 bits per heavy atom. The van der Waals surface area contributed by atoms with Gasteiger partial charge in [-0.25, -0.2) is 14.2 Å². The molecule has 0 saturated carbocycles. The highest BCUT2D eigenvalue weighted by Gasteiger charge is 2.17. The van der Waals surface area contributed by atoms with Gasteiger partial charge in [-0.1, -0.05) is 0 Å². The van der Waals surface area contributed by atoms with Crippen molar-refractivity contribution in [1.29, 1.82) is 0 Å². The predicted molar refractivity (Wildman–Crippen MR) is 73.2 cm³/mol. The molecular weight excluding hydrogens is 279 g/mol. The molecule has 104 valence electrons. The van der Waals surface area contributed by atoms with Crippen molar-refractivity contribution in [2.45, 2.75) is 12.8 Å². The summed E-state index contributed by atoms with van der Waals surface area (Å²) in [5.41, 5.74) is 0. The molecule has 0 aromatic carbocycles. The summed E-state index contributed by atoms with van der Waals surface area (Å²) in [5.74, 6) is 0.150. The van der Waals surface area contributed by atoms with Crippen molar-refractivity contribution in [2.75, 3.05) is 13.1 Å². The third-order valence-corrected chi connectivity index (χ3v) is 3.87. The molecule has 1 aliphatic heterocycles. The number of pyridine rings is 1. The Hall–Kier alpha value is -2.02. The SMILES string of the molecule is O=C(/N=c1\sccn1-c1ccc(F)cn1)N1CCCC1. The van der Waals surface area contributed by atoms with E-state index in [1.54, 1.807) is 21.7 Å². The number of halogens is 1.